The maximum Gasteiger partial charge on any atom is 0.0676 e. The van der Waals surface area contributed by atoms with Crippen LogP contribution in [0.1, 0.15) is 46.0 Å². The number of hydrogen-bond donors (Lipinski definition) is 1. The predicted octanol–water partition coefficient (Wildman–Crippen LogP) is 3.26. The van der Waals surface area contributed by atoms with E-state index in [0.29, 0.717) is 4.87 Å². The van der Waals surface area contributed by atoms with Crippen molar-refractivity contribution in [1.29, 1.82) is 0 Å². The van der Waals surface area contributed by atoms with Crippen molar-refractivity contribution < 1.29 is 0 Å². The summed E-state index contributed by atoms with van der Waals surface area (Å²) in [4.78, 5) is 0.463. The molecule has 1 aliphatic heterocycles. The molecule has 0 bridgehead atoms. The van der Waals surface area contributed by atoms with Gasteiger partial charge in [0.25, 0.3) is 0 Å². The van der Waals surface area contributed by atoms with E-state index in [9.17, 15) is 0 Å². The summed E-state index contributed by atoms with van der Waals surface area (Å²) in [5, 5.41) is 3.83. The zero-order valence-electron chi connectivity index (χ0n) is 9.51. The number of thioether (sulfide) groups is 1. The summed E-state index contributed by atoms with van der Waals surface area (Å²) in [5.41, 5.74) is 0. The Morgan fingerprint density at radius 3 is 2.79 bits per heavy atom. The highest BCUT2D eigenvalue weighted by Crippen LogP contribution is 2.46. The van der Waals surface area contributed by atoms with Crippen LogP contribution in [-0.4, -0.2) is 17.2 Å². The molecule has 0 radical (unpaired) electrons. The standard InChI is InChI=1S/C12H23NS/c1-10(2)11-6-3-4-7-12(11)13-8-5-9-14-12/h10-11,13H,3-9H2,1-2H3. The molecular weight excluding hydrogens is 190 g/mol. The molecule has 1 aliphatic carbocycles. The topological polar surface area (TPSA) is 12.0 Å². The van der Waals surface area contributed by atoms with Crippen LogP contribution in [0.15, 0.2) is 0 Å². The van der Waals surface area contributed by atoms with Crippen LogP contribution in [0.3, 0.4) is 0 Å². The van der Waals surface area contributed by atoms with Gasteiger partial charge in [-0.1, -0.05) is 26.7 Å². The normalized spacial score (nSPS) is 39.2. The largest absolute Gasteiger partial charge is 0.303 e. The van der Waals surface area contributed by atoms with Gasteiger partial charge in [-0.2, -0.15) is 0 Å². The van der Waals surface area contributed by atoms with Crippen molar-refractivity contribution in [2.24, 2.45) is 11.8 Å². The molecule has 0 aromatic carbocycles. The van der Waals surface area contributed by atoms with Crippen molar-refractivity contribution in [3.8, 4) is 0 Å². The lowest BCUT2D eigenvalue weighted by atomic mass is 9.77. The molecule has 1 N–H and O–H groups in total. The summed E-state index contributed by atoms with van der Waals surface area (Å²) >= 11 is 2.21. The Hall–Kier alpha value is 0.310. The predicted molar refractivity (Wildman–Crippen MR) is 64.6 cm³/mol. The van der Waals surface area contributed by atoms with Crippen molar-refractivity contribution in [2.75, 3.05) is 12.3 Å². The SMILES string of the molecule is CC(C)C1CCCCC12NCCCS2. The van der Waals surface area contributed by atoms with E-state index in [-0.39, 0.29) is 0 Å². The molecule has 1 saturated carbocycles. The number of nitrogens with one attached hydrogen (secondary N) is 1. The van der Waals surface area contributed by atoms with Gasteiger partial charge in [0.05, 0.1) is 4.87 Å². The molecular formula is C12H23NS. The first-order valence-electron chi connectivity index (χ1n) is 6.13. The van der Waals surface area contributed by atoms with Crippen molar-refractivity contribution in [3.05, 3.63) is 0 Å². The molecule has 14 heavy (non-hydrogen) atoms. The van der Waals surface area contributed by atoms with E-state index in [1.54, 1.807) is 0 Å². The second-order valence-electron chi connectivity index (χ2n) is 5.11. The van der Waals surface area contributed by atoms with Crippen molar-refractivity contribution in [1.82, 2.24) is 5.32 Å². The fourth-order valence-electron chi connectivity index (χ4n) is 3.12. The summed E-state index contributed by atoms with van der Waals surface area (Å²) in [7, 11) is 0. The van der Waals surface area contributed by atoms with Crippen LogP contribution >= 0.6 is 11.8 Å². The van der Waals surface area contributed by atoms with Crippen LogP contribution in [0.2, 0.25) is 0 Å². The molecule has 2 unspecified atom stereocenters. The lowest BCUT2D eigenvalue weighted by molar-refractivity contribution is 0.176. The Labute approximate surface area is 92.4 Å². The minimum Gasteiger partial charge on any atom is -0.303 e. The van der Waals surface area contributed by atoms with Gasteiger partial charge in [-0.15, -0.1) is 11.8 Å². The van der Waals surface area contributed by atoms with Gasteiger partial charge in [0.15, 0.2) is 0 Å². The monoisotopic (exact) mass is 213 g/mol. The minimum absolute atomic E-state index is 0.463. The van der Waals surface area contributed by atoms with Gasteiger partial charge in [0, 0.05) is 0 Å². The Balaban J connectivity index is 2.10. The van der Waals surface area contributed by atoms with E-state index in [1.165, 1.54) is 44.4 Å². The summed E-state index contributed by atoms with van der Waals surface area (Å²) in [6.07, 6.45) is 7.09. The molecule has 2 aliphatic rings. The molecule has 1 heterocycles. The summed E-state index contributed by atoms with van der Waals surface area (Å²) < 4.78 is 0. The molecule has 0 aromatic rings. The average Bonchev–Trinajstić information content (AvgIpc) is 2.19. The van der Waals surface area contributed by atoms with Gasteiger partial charge in [-0.05, 0) is 43.4 Å². The van der Waals surface area contributed by atoms with Crippen LogP contribution in [0, 0.1) is 11.8 Å². The molecule has 2 atom stereocenters. The van der Waals surface area contributed by atoms with Gasteiger partial charge >= 0.3 is 0 Å². The molecule has 0 aromatic heterocycles. The van der Waals surface area contributed by atoms with Gasteiger partial charge in [0.1, 0.15) is 0 Å². The molecule has 82 valence electrons. The Morgan fingerprint density at radius 1 is 1.29 bits per heavy atom. The zero-order chi connectivity index (χ0) is 10.0. The highest BCUT2D eigenvalue weighted by atomic mass is 32.2. The summed E-state index contributed by atoms with van der Waals surface area (Å²) in [6.45, 7) is 6.04. The van der Waals surface area contributed by atoms with Gasteiger partial charge < -0.3 is 5.32 Å². The first kappa shape index (κ1) is 10.8. The number of hydrogen-bond acceptors (Lipinski definition) is 2. The van der Waals surface area contributed by atoms with Crippen molar-refractivity contribution >= 4 is 11.8 Å². The zero-order valence-corrected chi connectivity index (χ0v) is 10.3. The van der Waals surface area contributed by atoms with E-state index < -0.39 is 0 Å². The van der Waals surface area contributed by atoms with Crippen LogP contribution in [-0.2, 0) is 0 Å². The molecule has 1 saturated heterocycles. The first-order valence-corrected chi connectivity index (χ1v) is 7.12. The third-order valence-corrected chi connectivity index (χ3v) is 5.48. The quantitative estimate of drug-likeness (QED) is 0.717. The molecule has 2 rings (SSSR count). The molecule has 2 heteroatoms. The molecule has 0 amide bonds. The van der Waals surface area contributed by atoms with E-state index >= 15 is 0 Å². The van der Waals surface area contributed by atoms with Gasteiger partial charge in [-0.3, -0.25) is 0 Å². The Bertz CT molecular complexity index is 176. The minimum atomic E-state index is 0.463. The van der Waals surface area contributed by atoms with E-state index in [4.69, 9.17) is 0 Å². The molecule has 1 nitrogen and oxygen atoms in total. The van der Waals surface area contributed by atoms with E-state index in [0.717, 1.165) is 11.8 Å². The highest BCUT2D eigenvalue weighted by molar-refractivity contribution is 8.00. The highest BCUT2D eigenvalue weighted by Gasteiger charge is 2.43. The second-order valence-corrected chi connectivity index (χ2v) is 6.54. The van der Waals surface area contributed by atoms with Crippen LogP contribution in [0.5, 0.6) is 0 Å². The average molecular weight is 213 g/mol. The van der Waals surface area contributed by atoms with E-state index in [1.807, 2.05) is 0 Å². The lowest BCUT2D eigenvalue weighted by Gasteiger charge is -2.48. The maximum absolute atomic E-state index is 3.83. The third kappa shape index (κ3) is 1.96. The second kappa shape index (κ2) is 4.44. The summed E-state index contributed by atoms with van der Waals surface area (Å²) in [6, 6.07) is 0. The molecule has 2 fully saturated rings. The maximum atomic E-state index is 3.83. The van der Waals surface area contributed by atoms with E-state index in [2.05, 4.69) is 30.9 Å². The lowest BCUT2D eigenvalue weighted by Crippen LogP contribution is -2.54. The first-order chi connectivity index (χ1) is 6.75. The van der Waals surface area contributed by atoms with Gasteiger partial charge in [0.2, 0.25) is 0 Å². The third-order valence-electron chi connectivity index (χ3n) is 3.82. The fraction of sp³-hybridized carbons (Fsp3) is 1.00. The smallest absolute Gasteiger partial charge is 0.0676 e. The Morgan fingerprint density at radius 2 is 2.14 bits per heavy atom. The van der Waals surface area contributed by atoms with Crippen molar-refractivity contribution in [3.63, 3.8) is 0 Å². The Kier molecular flexibility index (Phi) is 3.43. The van der Waals surface area contributed by atoms with Crippen LogP contribution in [0.4, 0.5) is 0 Å². The van der Waals surface area contributed by atoms with Crippen LogP contribution in [0.25, 0.3) is 0 Å². The van der Waals surface area contributed by atoms with Crippen molar-refractivity contribution in [2.45, 2.75) is 50.8 Å². The fourth-order valence-corrected chi connectivity index (χ4v) is 4.87. The van der Waals surface area contributed by atoms with Crippen LogP contribution < -0.4 is 5.32 Å². The number of rotatable bonds is 1. The molecule has 1 spiro atoms. The summed E-state index contributed by atoms with van der Waals surface area (Å²) in [5.74, 6) is 3.12. The van der Waals surface area contributed by atoms with Gasteiger partial charge in [-0.25, -0.2) is 0 Å².